The van der Waals surface area contributed by atoms with E-state index in [4.69, 9.17) is 37.4 Å². The van der Waals surface area contributed by atoms with Crippen molar-refractivity contribution in [3.8, 4) is 17.2 Å². The highest BCUT2D eigenvalue weighted by Gasteiger charge is 2.35. The number of carbonyl (C=O) groups is 3. The molecule has 3 aromatic rings. The number of carbonyl (C=O) groups excluding carboxylic acids is 3. The minimum Gasteiger partial charge on any atom is -0.495 e. The number of benzene rings is 3. The van der Waals surface area contributed by atoms with Crippen LogP contribution in [0.25, 0.3) is 6.08 Å². The van der Waals surface area contributed by atoms with Gasteiger partial charge in [-0.3, -0.25) is 9.59 Å². The molecule has 2 N–H and O–H groups in total. The molecule has 39 heavy (non-hydrogen) atoms. The van der Waals surface area contributed by atoms with E-state index in [9.17, 15) is 14.4 Å². The van der Waals surface area contributed by atoms with E-state index in [0.29, 0.717) is 43.0 Å². The Hall–Kier alpha value is -3.73. The maximum atomic E-state index is 13.0. The van der Waals surface area contributed by atoms with Gasteiger partial charge in [-0.05, 0) is 48.0 Å². The number of hydrogen-bond donors (Lipinski definition) is 2. The van der Waals surface area contributed by atoms with E-state index >= 15 is 0 Å². The molecule has 3 aromatic carbocycles. The molecule has 1 saturated heterocycles. The van der Waals surface area contributed by atoms with Crippen molar-refractivity contribution in [2.45, 2.75) is 6.61 Å². The van der Waals surface area contributed by atoms with Crippen LogP contribution >= 0.6 is 39.1 Å². The van der Waals surface area contributed by atoms with Crippen molar-refractivity contribution in [1.82, 2.24) is 10.2 Å². The number of ether oxygens (including phenoxy) is 3. The summed E-state index contributed by atoms with van der Waals surface area (Å²) >= 11 is 15.7. The highest BCUT2D eigenvalue weighted by atomic mass is 79.9. The molecule has 0 saturated carbocycles. The van der Waals surface area contributed by atoms with Gasteiger partial charge in [-0.25, -0.2) is 9.69 Å². The van der Waals surface area contributed by atoms with E-state index in [-0.39, 0.29) is 12.3 Å². The number of hydrogen-bond acceptors (Lipinski definition) is 6. The number of nitrogens with one attached hydrogen (secondary N) is 2. The molecular weight excluding hydrogens is 613 g/mol. The van der Waals surface area contributed by atoms with E-state index in [1.165, 1.54) is 20.3 Å². The van der Waals surface area contributed by atoms with Gasteiger partial charge in [0.1, 0.15) is 24.6 Å². The van der Waals surface area contributed by atoms with Crippen LogP contribution in [-0.2, 0) is 16.2 Å². The summed E-state index contributed by atoms with van der Waals surface area (Å²) in [5, 5.41) is 6.14. The van der Waals surface area contributed by atoms with Crippen LogP contribution in [0.3, 0.4) is 0 Å². The zero-order chi connectivity index (χ0) is 28.1. The third-order valence-corrected chi connectivity index (χ3v) is 6.90. The number of para-hydroxylation sites is 2. The summed E-state index contributed by atoms with van der Waals surface area (Å²) < 4.78 is 17.2. The predicted molar refractivity (Wildman–Crippen MR) is 151 cm³/mol. The zero-order valence-corrected chi connectivity index (χ0v) is 23.8. The molecule has 0 atom stereocenters. The fourth-order valence-corrected chi connectivity index (χ4v) is 4.58. The van der Waals surface area contributed by atoms with E-state index in [1.807, 2.05) is 0 Å². The molecule has 1 aliphatic heterocycles. The van der Waals surface area contributed by atoms with Gasteiger partial charge >= 0.3 is 6.03 Å². The molecule has 4 rings (SSSR count). The Kier molecular flexibility index (Phi) is 9.01. The SMILES string of the molecule is COc1ccccc1NC(=O)CN1C(=O)N/C(=C/c2cc(OC)c(OCc3ccc(Cl)cc3Cl)cc2Br)C1=O. The maximum absolute atomic E-state index is 13.0. The topological polar surface area (TPSA) is 106 Å². The first-order valence-corrected chi connectivity index (χ1v) is 13.0. The van der Waals surface area contributed by atoms with Gasteiger partial charge in [0.15, 0.2) is 11.5 Å². The summed E-state index contributed by atoms with van der Waals surface area (Å²) in [6.07, 6.45) is 1.48. The number of halogens is 3. The van der Waals surface area contributed by atoms with Gasteiger partial charge in [-0.1, -0.05) is 57.3 Å². The Morgan fingerprint density at radius 1 is 1.03 bits per heavy atom. The van der Waals surface area contributed by atoms with Crippen LogP contribution in [0.1, 0.15) is 11.1 Å². The molecule has 1 aliphatic rings. The second-order valence-electron chi connectivity index (χ2n) is 8.18. The Bertz CT molecular complexity index is 1480. The molecule has 0 radical (unpaired) electrons. The number of methoxy groups -OCH3 is 2. The summed E-state index contributed by atoms with van der Waals surface area (Å²) in [6, 6.07) is 14.5. The zero-order valence-electron chi connectivity index (χ0n) is 20.7. The minimum atomic E-state index is -0.718. The summed E-state index contributed by atoms with van der Waals surface area (Å²) in [7, 11) is 2.95. The minimum absolute atomic E-state index is 0.00513. The number of anilines is 1. The molecule has 0 unspecified atom stereocenters. The molecule has 1 fully saturated rings. The molecule has 1 heterocycles. The van der Waals surface area contributed by atoms with E-state index < -0.39 is 24.4 Å². The summed E-state index contributed by atoms with van der Waals surface area (Å²) in [4.78, 5) is 38.8. The van der Waals surface area contributed by atoms with Crippen LogP contribution in [0.4, 0.5) is 10.5 Å². The van der Waals surface area contributed by atoms with Gasteiger partial charge in [0, 0.05) is 20.1 Å². The van der Waals surface area contributed by atoms with E-state index in [2.05, 4.69) is 26.6 Å². The average Bonchev–Trinajstić information content (AvgIpc) is 3.16. The third kappa shape index (κ3) is 6.65. The van der Waals surface area contributed by atoms with Crippen molar-refractivity contribution in [2.24, 2.45) is 0 Å². The molecule has 4 amide bonds. The third-order valence-electron chi connectivity index (χ3n) is 5.63. The van der Waals surface area contributed by atoms with Crippen LogP contribution < -0.4 is 24.8 Å². The van der Waals surface area contributed by atoms with Gasteiger partial charge in [-0.2, -0.15) is 0 Å². The maximum Gasteiger partial charge on any atom is 0.329 e. The highest BCUT2D eigenvalue weighted by Crippen LogP contribution is 2.36. The Morgan fingerprint density at radius 2 is 1.77 bits per heavy atom. The molecule has 12 heteroatoms. The van der Waals surface area contributed by atoms with Crippen LogP contribution in [0, 0.1) is 0 Å². The summed E-state index contributed by atoms with van der Waals surface area (Å²) in [6.45, 7) is -0.315. The second kappa shape index (κ2) is 12.4. The lowest BCUT2D eigenvalue weighted by Gasteiger charge is -2.14. The molecule has 9 nitrogen and oxygen atoms in total. The van der Waals surface area contributed by atoms with Gasteiger partial charge in [0.25, 0.3) is 5.91 Å². The van der Waals surface area contributed by atoms with Gasteiger partial charge in [0.2, 0.25) is 5.91 Å². The number of imide groups is 1. The fourth-order valence-electron chi connectivity index (χ4n) is 3.68. The Morgan fingerprint density at radius 3 is 2.49 bits per heavy atom. The van der Waals surface area contributed by atoms with E-state index in [0.717, 1.165) is 10.5 Å². The largest absolute Gasteiger partial charge is 0.495 e. The molecule has 202 valence electrons. The highest BCUT2D eigenvalue weighted by molar-refractivity contribution is 9.10. The molecule has 0 aromatic heterocycles. The first-order valence-electron chi connectivity index (χ1n) is 11.4. The lowest BCUT2D eigenvalue weighted by atomic mass is 10.1. The molecular formula is C27H22BrCl2N3O6. The van der Waals surface area contributed by atoms with Crippen molar-refractivity contribution in [2.75, 3.05) is 26.1 Å². The van der Waals surface area contributed by atoms with Gasteiger partial charge < -0.3 is 24.8 Å². The second-order valence-corrected chi connectivity index (χ2v) is 9.87. The predicted octanol–water partition coefficient (Wildman–Crippen LogP) is 5.88. The van der Waals surface area contributed by atoms with Crippen molar-refractivity contribution in [3.63, 3.8) is 0 Å². The van der Waals surface area contributed by atoms with Gasteiger partial charge in [-0.15, -0.1) is 0 Å². The Balaban J connectivity index is 1.48. The van der Waals surface area contributed by atoms with Crippen LogP contribution in [0.15, 0.2) is 64.8 Å². The van der Waals surface area contributed by atoms with Crippen LogP contribution in [0.5, 0.6) is 17.2 Å². The van der Waals surface area contributed by atoms with Crippen molar-refractivity contribution in [1.29, 1.82) is 0 Å². The first kappa shape index (κ1) is 28.3. The molecule has 0 spiro atoms. The number of rotatable bonds is 9. The van der Waals surface area contributed by atoms with Crippen molar-refractivity contribution >= 4 is 68.7 Å². The molecule has 0 aliphatic carbocycles. The standard InChI is InChI=1S/C27H22BrCl2N3O6/c1-37-22-6-4-3-5-20(22)31-25(34)13-33-26(35)21(32-27(33)36)9-16-10-23(38-2)24(12-18(16)28)39-14-15-7-8-17(29)11-19(15)30/h3-12H,13-14H2,1-2H3,(H,31,34)(H,32,36)/b21-9+. The van der Waals surface area contributed by atoms with Gasteiger partial charge in [0.05, 0.1) is 19.9 Å². The van der Waals surface area contributed by atoms with Crippen LogP contribution in [0.2, 0.25) is 10.0 Å². The number of nitrogens with zero attached hydrogens (tertiary/aromatic N) is 1. The summed E-state index contributed by atoms with van der Waals surface area (Å²) in [5.41, 5.74) is 1.69. The smallest absolute Gasteiger partial charge is 0.329 e. The molecule has 0 bridgehead atoms. The lowest BCUT2D eigenvalue weighted by molar-refractivity contribution is -0.127. The summed E-state index contributed by atoms with van der Waals surface area (Å²) in [5.74, 6) is 0.0492. The quantitative estimate of drug-likeness (QED) is 0.225. The number of amides is 4. The number of urea groups is 1. The van der Waals surface area contributed by atoms with E-state index in [1.54, 1.807) is 54.6 Å². The average molecular weight is 635 g/mol. The van der Waals surface area contributed by atoms with Crippen molar-refractivity contribution < 1.29 is 28.6 Å². The monoisotopic (exact) mass is 633 g/mol. The first-order chi connectivity index (χ1) is 18.7. The lowest BCUT2D eigenvalue weighted by Crippen LogP contribution is -2.38. The fraction of sp³-hybridized carbons (Fsp3) is 0.148. The normalized spacial score (nSPS) is 13.9. The Labute approximate surface area is 242 Å². The van der Waals surface area contributed by atoms with Crippen molar-refractivity contribution in [3.05, 3.63) is 85.9 Å². The van der Waals surface area contributed by atoms with Crippen LogP contribution in [-0.4, -0.2) is 43.5 Å².